The number of carbonyl (C=O) groups excluding carboxylic acids is 1. The average Bonchev–Trinajstić information content (AvgIpc) is 2.81. The second kappa shape index (κ2) is 5.45. The summed E-state index contributed by atoms with van der Waals surface area (Å²) in [6, 6.07) is 1.22. The molecule has 2 aliphatic rings. The first-order valence-corrected chi connectivity index (χ1v) is 7.65. The van der Waals surface area contributed by atoms with Crippen LogP contribution in [-0.4, -0.2) is 55.8 Å². The van der Waals surface area contributed by atoms with Gasteiger partial charge in [-0.15, -0.1) is 0 Å². The number of carbonyl (C=O) groups is 1. The van der Waals surface area contributed by atoms with E-state index < -0.39 is 22.2 Å². The number of ether oxygens (including phenoxy) is 1. The SMILES string of the molecule is CN(CCC#N)S(=O)(=O)N1CC[C@H]2CCOC(=O)[C@H]21. The summed E-state index contributed by atoms with van der Waals surface area (Å²) in [5, 5.41) is 8.52. The molecule has 106 valence electrons. The molecule has 19 heavy (non-hydrogen) atoms. The highest BCUT2D eigenvalue weighted by molar-refractivity contribution is 7.86. The summed E-state index contributed by atoms with van der Waals surface area (Å²) in [5.41, 5.74) is 0. The van der Waals surface area contributed by atoms with Crippen LogP contribution in [0.25, 0.3) is 0 Å². The molecule has 0 bridgehead atoms. The molecule has 2 heterocycles. The molecule has 0 amide bonds. The molecule has 0 aromatic heterocycles. The molecule has 0 N–H and O–H groups in total. The van der Waals surface area contributed by atoms with Gasteiger partial charge >= 0.3 is 5.97 Å². The van der Waals surface area contributed by atoms with Gasteiger partial charge in [0.15, 0.2) is 0 Å². The number of nitrogens with zero attached hydrogens (tertiary/aromatic N) is 3. The predicted molar refractivity (Wildman–Crippen MR) is 66.0 cm³/mol. The molecular formula is C11H17N3O4S. The highest BCUT2D eigenvalue weighted by Gasteiger charge is 2.48. The highest BCUT2D eigenvalue weighted by atomic mass is 32.2. The maximum atomic E-state index is 12.4. The van der Waals surface area contributed by atoms with Crippen LogP contribution in [0.5, 0.6) is 0 Å². The zero-order valence-corrected chi connectivity index (χ0v) is 11.6. The molecule has 0 saturated carbocycles. The standard InChI is InChI=1S/C11H17N3O4S/c1-13(6-2-5-12)19(16,17)14-7-3-9-4-8-18-11(15)10(9)14/h9-10H,2-4,6-8H2,1H3/t9-,10-/m0/s1. The molecule has 2 rings (SSSR count). The summed E-state index contributed by atoms with van der Waals surface area (Å²) in [6.45, 7) is 0.837. The number of esters is 1. The van der Waals surface area contributed by atoms with Crippen molar-refractivity contribution < 1.29 is 17.9 Å². The Labute approximate surface area is 112 Å². The Hall–Kier alpha value is -1.17. The number of hydrogen-bond donors (Lipinski definition) is 0. The summed E-state index contributed by atoms with van der Waals surface area (Å²) >= 11 is 0. The van der Waals surface area contributed by atoms with Crippen LogP contribution in [0.2, 0.25) is 0 Å². The maximum absolute atomic E-state index is 12.4. The molecule has 0 aliphatic carbocycles. The third kappa shape index (κ3) is 2.59. The van der Waals surface area contributed by atoms with Gasteiger partial charge in [-0.05, 0) is 18.8 Å². The Kier molecular flexibility index (Phi) is 4.08. The predicted octanol–water partition coefficient (Wildman–Crippen LogP) is -0.286. The number of hydrogen-bond acceptors (Lipinski definition) is 5. The molecule has 2 aliphatic heterocycles. The average molecular weight is 287 g/mol. The number of cyclic esters (lactones) is 1. The summed E-state index contributed by atoms with van der Waals surface area (Å²) in [6.07, 6.45) is 1.53. The minimum Gasteiger partial charge on any atom is -0.464 e. The zero-order valence-electron chi connectivity index (χ0n) is 10.8. The lowest BCUT2D eigenvalue weighted by Crippen LogP contribution is -2.51. The van der Waals surface area contributed by atoms with E-state index in [1.54, 1.807) is 0 Å². The van der Waals surface area contributed by atoms with Crippen molar-refractivity contribution in [2.24, 2.45) is 5.92 Å². The molecule has 2 atom stereocenters. The van der Waals surface area contributed by atoms with Crippen molar-refractivity contribution in [1.82, 2.24) is 8.61 Å². The van der Waals surface area contributed by atoms with Gasteiger partial charge in [-0.25, -0.2) is 0 Å². The van der Waals surface area contributed by atoms with Gasteiger partial charge in [0.1, 0.15) is 6.04 Å². The molecule has 0 spiro atoms. The van der Waals surface area contributed by atoms with Crippen molar-refractivity contribution in [3.63, 3.8) is 0 Å². The summed E-state index contributed by atoms with van der Waals surface area (Å²) in [5.74, 6) is -0.397. The van der Waals surface area contributed by atoms with Gasteiger partial charge in [-0.2, -0.15) is 22.3 Å². The number of rotatable bonds is 4. The fourth-order valence-corrected chi connectivity index (χ4v) is 4.16. The number of nitriles is 1. The van der Waals surface area contributed by atoms with Crippen LogP contribution in [0, 0.1) is 17.2 Å². The van der Waals surface area contributed by atoms with E-state index in [-0.39, 0.29) is 18.9 Å². The summed E-state index contributed by atoms with van der Waals surface area (Å²) in [7, 11) is -2.27. The molecule has 0 unspecified atom stereocenters. The second-order valence-electron chi connectivity index (χ2n) is 4.80. The quantitative estimate of drug-likeness (QED) is 0.663. The minimum absolute atomic E-state index is 0.0559. The lowest BCUT2D eigenvalue weighted by molar-refractivity contribution is -0.153. The first-order chi connectivity index (χ1) is 8.98. The van der Waals surface area contributed by atoms with Crippen molar-refractivity contribution in [1.29, 1.82) is 5.26 Å². The molecular weight excluding hydrogens is 270 g/mol. The van der Waals surface area contributed by atoms with E-state index in [1.165, 1.54) is 11.4 Å². The Balaban J connectivity index is 2.17. The van der Waals surface area contributed by atoms with E-state index >= 15 is 0 Å². The molecule has 7 nitrogen and oxygen atoms in total. The van der Waals surface area contributed by atoms with Gasteiger partial charge in [0.05, 0.1) is 12.7 Å². The van der Waals surface area contributed by atoms with Crippen LogP contribution in [0.4, 0.5) is 0 Å². The molecule has 8 heteroatoms. The smallest absolute Gasteiger partial charge is 0.324 e. The zero-order chi connectivity index (χ0) is 14.0. The van der Waals surface area contributed by atoms with Crippen LogP contribution >= 0.6 is 0 Å². The van der Waals surface area contributed by atoms with Gasteiger partial charge in [0.2, 0.25) is 0 Å². The van der Waals surface area contributed by atoms with Crippen LogP contribution in [-0.2, 0) is 19.7 Å². The highest BCUT2D eigenvalue weighted by Crippen LogP contribution is 2.33. The van der Waals surface area contributed by atoms with Crippen molar-refractivity contribution in [2.45, 2.75) is 25.3 Å². The fraction of sp³-hybridized carbons (Fsp3) is 0.818. The van der Waals surface area contributed by atoms with E-state index in [2.05, 4.69) is 0 Å². The van der Waals surface area contributed by atoms with Gasteiger partial charge in [0, 0.05) is 26.6 Å². The van der Waals surface area contributed by atoms with Crippen LogP contribution in [0.3, 0.4) is 0 Å². The van der Waals surface area contributed by atoms with Gasteiger partial charge in [0.25, 0.3) is 10.2 Å². The van der Waals surface area contributed by atoms with Crippen molar-refractivity contribution >= 4 is 16.2 Å². The van der Waals surface area contributed by atoms with Crippen LogP contribution in [0.15, 0.2) is 0 Å². The lowest BCUT2D eigenvalue weighted by atomic mass is 9.96. The minimum atomic E-state index is -3.70. The molecule has 2 fully saturated rings. The third-order valence-corrected chi connectivity index (χ3v) is 5.65. The van der Waals surface area contributed by atoms with Gasteiger partial charge in [-0.1, -0.05) is 0 Å². The molecule has 0 aromatic rings. The number of fused-ring (bicyclic) bond motifs is 1. The largest absolute Gasteiger partial charge is 0.464 e. The first kappa shape index (κ1) is 14.2. The molecule has 2 saturated heterocycles. The van der Waals surface area contributed by atoms with E-state index in [1.807, 2.05) is 6.07 Å². The van der Waals surface area contributed by atoms with E-state index in [9.17, 15) is 13.2 Å². The molecule has 0 radical (unpaired) electrons. The Morgan fingerprint density at radius 2 is 2.26 bits per heavy atom. The fourth-order valence-electron chi connectivity index (χ4n) is 2.59. The van der Waals surface area contributed by atoms with Gasteiger partial charge < -0.3 is 4.74 Å². The first-order valence-electron chi connectivity index (χ1n) is 6.25. The van der Waals surface area contributed by atoms with Crippen molar-refractivity contribution in [3.8, 4) is 6.07 Å². The summed E-state index contributed by atoms with van der Waals surface area (Å²) < 4.78 is 32.1. The molecule has 0 aromatic carbocycles. The van der Waals surface area contributed by atoms with Crippen molar-refractivity contribution in [3.05, 3.63) is 0 Å². The normalized spacial score (nSPS) is 27.9. The van der Waals surface area contributed by atoms with E-state index in [4.69, 9.17) is 10.00 Å². The Morgan fingerprint density at radius 3 is 2.95 bits per heavy atom. The van der Waals surface area contributed by atoms with Crippen molar-refractivity contribution in [2.75, 3.05) is 26.7 Å². The third-order valence-electron chi connectivity index (χ3n) is 3.68. The lowest BCUT2D eigenvalue weighted by Gasteiger charge is -2.31. The summed E-state index contributed by atoms with van der Waals surface area (Å²) in [4.78, 5) is 11.8. The van der Waals surface area contributed by atoms with E-state index in [0.717, 1.165) is 4.31 Å². The van der Waals surface area contributed by atoms with E-state index in [0.29, 0.717) is 26.0 Å². The maximum Gasteiger partial charge on any atom is 0.324 e. The van der Waals surface area contributed by atoms with Crippen LogP contribution < -0.4 is 0 Å². The monoisotopic (exact) mass is 287 g/mol. The topological polar surface area (TPSA) is 90.7 Å². The Bertz CT molecular complexity index is 499. The van der Waals surface area contributed by atoms with Gasteiger partial charge in [-0.3, -0.25) is 4.79 Å². The van der Waals surface area contributed by atoms with Crippen LogP contribution in [0.1, 0.15) is 19.3 Å². The second-order valence-corrected chi connectivity index (χ2v) is 6.79. The Morgan fingerprint density at radius 1 is 1.53 bits per heavy atom.